The van der Waals surface area contributed by atoms with Gasteiger partial charge in [-0.1, -0.05) is 36.9 Å². The Hall–Kier alpha value is -2.32. The molecule has 5 atom stereocenters. The van der Waals surface area contributed by atoms with Gasteiger partial charge in [0.05, 0.1) is 11.5 Å². The monoisotopic (exact) mass is 356 g/mol. The lowest BCUT2D eigenvalue weighted by atomic mass is 9.76. The molecule has 0 aromatic heterocycles. The van der Waals surface area contributed by atoms with Gasteiger partial charge in [0.1, 0.15) is 6.61 Å². The van der Waals surface area contributed by atoms with Crippen molar-refractivity contribution in [2.45, 2.75) is 17.9 Å². The van der Waals surface area contributed by atoms with Crippen LogP contribution in [-0.4, -0.2) is 58.7 Å². The van der Waals surface area contributed by atoms with Crippen molar-refractivity contribution in [1.82, 2.24) is 10.2 Å². The zero-order valence-corrected chi connectivity index (χ0v) is 14.2. The van der Waals surface area contributed by atoms with Crippen molar-refractivity contribution in [2.75, 3.05) is 13.2 Å². The molecule has 5 rings (SSSR count). The molecular formula is C18H21BN2O5. The maximum absolute atomic E-state index is 12.1. The zero-order valence-electron chi connectivity index (χ0n) is 14.2. The highest BCUT2D eigenvalue weighted by Gasteiger charge is 2.91. The van der Waals surface area contributed by atoms with E-state index in [4.69, 9.17) is 4.74 Å². The molecular weight excluding hydrogens is 335 g/mol. The van der Waals surface area contributed by atoms with Crippen LogP contribution in [0.1, 0.15) is 5.56 Å². The number of alkyl carbamates (subject to hydrolysis) is 1. The van der Waals surface area contributed by atoms with E-state index >= 15 is 0 Å². The second kappa shape index (κ2) is 6.14. The average Bonchev–Trinajstić information content (AvgIpc) is 3.45. The summed E-state index contributed by atoms with van der Waals surface area (Å²) in [5, 5.41) is 21.6. The van der Waals surface area contributed by atoms with Gasteiger partial charge in [0.2, 0.25) is 5.91 Å². The van der Waals surface area contributed by atoms with Crippen molar-refractivity contribution in [3.05, 3.63) is 48.6 Å². The molecule has 4 aliphatic rings. The van der Waals surface area contributed by atoms with E-state index in [0.29, 0.717) is 24.3 Å². The highest BCUT2D eigenvalue weighted by Crippen LogP contribution is 2.83. The largest absolute Gasteiger partial charge is 0.475 e. The smallest absolute Gasteiger partial charge is 0.447 e. The van der Waals surface area contributed by atoms with Crippen molar-refractivity contribution in [3.63, 3.8) is 0 Å². The molecule has 2 saturated carbocycles. The van der Waals surface area contributed by atoms with E-state index in [1.165, 1.54) is 6.08 Å². The first-order valence-corrected chi connectivity index (χ1v) is 8.76. The Labute approximate surface area is 151 Å². The first kappa shape index (κ1) is 17.1. The summed E-state index contributed by atoms with van der Waals surface area (Å²) in [7, 11) is -1.70. The molecule has 7 nitrogen and oxygen atoms in total. The number of rotatable bonds is 7. The summed E-state index contributed by atoms with van der Waals surface area (Å²) in [5.41, 5.74) is 0.509. The second-order valence-electron chi connectivity index (χ2n) is 7.29. The Bertz CT molecular complexity index is 730. The normalized spacial score (nSPS) is 30.8. The van der Waals surface area contributed by atoms with Crippen LogP contribution >= 0.6 is 0 Å². The van der Waals surface area contributed by atoms with Crippen LogP contribution in [0.3, 0.4) is 0 Å². The van der Waals surface area contributed by atoms with Crippen molar-refractivity contribution < 1.29 is 24.4 Å². The van der Waals surface area contributed by atoms with Crippen molar-refractivity contribution in [1.29, 1.82) is 0 Å². The van der Waals surface area contributed by atoms with Crippen LogP contribution in [0, 0.1) is 17.8 Å². The highest BCUT2D eigenvalue weighted by molar-refractivity contribution is 6.43. The maximum atomic E-state index is 12.1. The predicted molar refractivity (Wildman–Crippen MR) is 93.7 cm³/mol. The summed E-state index contributed by atoms with van der Waals surface area (Å²) in [4.78, 5) is 25.9. The van der Waals surface area contributed by atoms with Crippen LogP contribution in [0.4, 0.5) is 4.79 Å². The quantitative estimate of drug-likeness (QED) is 0.471. The number of nitrogens with zero attached hydrogens (tertiary/aromatic N) is 1. The van der Waals surface area contributed by atoms with Crippen LogP contribution in [0.5, 0.6) is 0 Å². The van der Waals surface area contributed by atoms with Gasteiger partial charge in [-0.25, -0.2) is 4.79 Å². The third kappa shape index (κ3) is 2.60. The molecule has 3 unspecified atom stereocenters. The summed E-state index contributed by atoms with van der Waals surface area (Å²) < 4.78 is 5.33. The predicted octanol–water partition coefficient (Wildman–Crippen LogP) is -0.0213. The van der Waals surface area contributed by atoms with Gasteiger partial charge < -0.3 is 25.0 Å². The number of ether oxygens (including phenoxy) is 1. The number of benzene rings is 1. The summed E-state index contributed by atoms with van der Waals surface area (Å²) in [6.07, 6.45) is 0.849. The maximum Gasteiger partial charge on any atom is 0.475 e. The molecule has 2 saturated heterocycles. The van der Waals surface area contributed by atoms with E-state index in [1.807, 2.05) is 30.3 Å². The molecule has 1 aromatic carbocycles. The lowest BCUT2D eigenvalue weighted by Gasteiger charge is -2.27. The number of fused-ring (bicyclic) bond motifs is 1. The molecule has 4 fully saturated rings. The fraction of sp³-hybridized carbons (Fsp3) is 0.444. The van der Waals surface area contributed by atoms with Crippen LogP contribution in [0.2, 0.25) is 0 Å². The number of piperidine rings is 1. The minimum Gasteiger partial charge on any atom is -0.447 e. The summed E-state index contributed by atoms with van der Waals surface area (Å²) in [6.45, 7) is 4.36. The van der Waals surface area contributed by atoms with Gasteiger partial charge in [0.25, 0.3) is 0 Å². The van der Waals surface area contributed by atoms with Crippen LogP contribution in [-0.2, 0) is 16.0 Å². The SMILES string of the molecule is C=CC(=O)N1CC2C3[C@@H]2C31COC(=O)N[C@@H](Cc1ccccc1)B(O)O. The third-order valence-corrected chi connectivity index (χ3v) is 5.95. The van der Waals surface area contributed by atoms with Crippen molar-refractivity contribution in [3.8, 4) is 0 Å². The minimum atomic E-state index is -1.70. The summed E-state index contributed by atoms with van der Waals surface area (Å²) >= 11 is 0. The number of carbonyl (C=O) groups excluding carboxylic acids is 2. The average molecular weight is 356 g/mol. The van der Waals surface area contributed by atoms with Crippen molar-refractivity contribution >= 4 is 19.1 Å². The van der Waals surface area contributed by atoms with Gasteiger partial charge in [0, 0.05) is 6.54 Å². The molecule has 0 radical (unpaired) electrons. The van der Waals surface area contributed by atoms with E-state index < -0.39 is 19.2 Å². The molecule has 8 heteroatoms. The fourth-order valence-corrected chi connectivity index (χ4v) is 4.60. The lowest BCUT2D eigenvalue weighted by Crippen LogP contribution is -2.49. The topological polar surface area (TPSA) is 99.1 Å². The van der Waals surface area contributed by atoms with Gasteiger partial charge in [-0.2, -0.15) is 0 Å². The molecule has 2 bridgehead atoms. The standard InChI is InChI=1S/C18H21BN2O5/c1-2-14(22)21-9-12-15-16(12)18(15,21)10-26-17(23)20-13(19(24)25)8-11-6-4-3-5-7-11/h2-7,12-13,15-16,24-25H,1,8-10H2,(H,20,23)/t12?,13-,15+,16?,18?/m0/s1. The van der Waals surface area contributed by atoms with Gasteiger partial charge in [-0.3, -0.25) is 4.79 Å². The van der Waals surface area contributed by atoms with E-state index in [0.717, 1.165) is 5.56 Å². The first-order valence-electron chi connectivity index (χ1n) is 8.76. The van der Waals surface area contributed by atoms with Crippen LogP contribution in [0.25, 0.3) is 0 Å². The molecule has 26 heavy (non-hydrogen) atoms. The van der Waals surface area contributed by atoms with E-state index in [9.17, 15) is 19.6 Å². The highest BCUT2D eigenvalue weighted by atomic mass is 16.6. The molecule has 2 aliphatic heterocycles. The number of amides is 2. The Kier molecular flexibility index (Phi) is 4.04. The molecule has 2 aliphatic carbocycles. The lowest BCUT2D eigenvalue weighted by molar-refractivity contribution is -0.128. The molecule has 0 spiro atoms. The van der Waals surface area contributed by atoms with Crippen LogP contribution < -0.4 is 5.32 Å². The third-order valence-electron chi connectivity index (χ3n) is 5.95. The fourth-order valence-electron chi connectivity index (χ4n) is 4.60. The second-order valence-corrected chi connectivity index (χ2v) is 7.29. The van der Waals surface area contributed by atoms with Crippen LogP contribution in [0.15, 0.2) is 43.0 Å². The molecule has 2 amide bonds. The van der Waals surface area contributed by atoms with E-state index in [1.54, 1.807) is 4.90 Å². The van der Waals surface area contributed by atoms with Gasteiger partial charge in [-0.05, 0) is 35.8 Å². The number of hydrogen-bond acceptors (Lipinski definition) is 5. The summed E-state index contributed by atoms with van der Waals surface area (Å²) in [6, 6.07) is 9.23. The number of carbonyl (C=O) groups is 2. The van der Waals surface area contributed by atoms with Gasteiger partial charge in [-0.15, -0.1) is 0 Å². The molecule has 1 aromatic rings. The Morgan fingerprint density at radius 3 is 2.69 bits per heavy atom. The molecule has 3 N–H and O–H groups in total. The molecule has 2 heterocycles. The minimum absolute atomic E-state index is 0.129. The zero-order chi connectivity index (χ0) is 18.5. The first-order chi connectivity index (χ1) is 12.5. The van der Waals surface area contributed by atoms with Gasteiger partial charge in [0.15, 0.2) is 0 Å². The van der Waals surface area contributed by atoms with Crippen molar-refractivity contribution in [2.24, 2.45) is 17.8 Å². The van der Waals surface area contributed by atoms with Gasteiger partial charge >= 0.3 is 13.2 Å². The summed E-state index contributed by atoms with van der Waals surface area (Å²) in [5.74, 6) is 0.397. The molecule has 136 valence electrons. The van der Waals surface area contributed by atoms with E-state index in [-0.39, 0.29) is 24.5 Å². The number of hydrogen-bond donors (Lipinski definition) is 3. The Balaban J connectivity index is 1.32. The van der Waals surface area contributed by atoms with E-state index in [2.05, 4.69) is 11.9 Å². The Morgan fingerprint density at radius 2 is 2.08 bits per heavy atom. The number of nitrogens with one attached hydrogen (secondary N) is 1. The Morgan fingerprint density at radius 1 is 1.38 bits per heavy atom.